The molecule has 2 aromatic rings. The minimum absolute atomic E-state index is 0.307. The predicted molar refractivity (Wildman–Crippen MR) is 147 cm³/mol. The first-order valence-electron chi connectivity index (χ1n) is 11.5. The minimum Gasteiger partial charge on any atom is -0.375 e. The van der Waals surface area contributed by atoms with Crippen molar-refractivity contribution < 1.29 is 9.84 Å². The van der Waals surface area contributed by atoms with Gasteiger partial charge in [-0.3, -0.25) is 0 Å². The van der Waals surface area contributed by atoms with E-state index in [1.807, 2.05) is 36.4 Å². The van der Waals surface area contributed by atoms with Gasteiger partial charge in [0, 0.05) is 19.4 Å². The maximum atomic E-state index is 9.62. The zero-order valence-electron chi connectivity index (χ0n) is 19.1. The highest BCUT2D eigenvalue weighted by Crippen LogP contribution is 2.34. The van der Waals surface area contributed by atoms with Crippen LogP contribution in [0, 0.1) is 0 Å². The third-order valence-electron chi connectivity index (χ3n) is 5.54. The Kier molecular flexibility index (Phi) is 9.94. The van der Waals surface area contributed by atoms with Crippen molar-refractivity contribution in [3.05, 3.63) is 108 Å². The Morgan fingerprint density at radius 3 is 1.79 bits per heavy atom. The Labute approximate surface area is 215 Å². The van der Waals surface area contributed by atoms with Gasteiger partial charge in [-0.15, -0.1) is 0 Å². The van der Waals surface area contributed by atoms with Crippen LogP contribution in [0.25, 0.3) is 11.1 Å². The minimum atomic E-state index is -0.856. The van der Waals surface area contributed by atoms with Gasteiger partial charge in [0.25, 0.3) is 0 Å². The second-order valence-corrected chi connectivity index (χ2v) is 11.0. The molecule has 0 saturated heterocycles. The molecule has 4 rings (SSSR count). The lowest BCUT2D eigenvalue weighted by Crippen LogP contribution is -2.23. The molecule has 0 spiro atoms. The fourth-order valence-electron chi connectivity index (χ4n) is 3.60. The number of alkyl halides is 2. The quantitative estimate of drug-likeness (QED) is 0.267. The number of benzene rings is 2. The van der Waals surface area contributed by atoms with Crippen LogP contribution in [-0.2, 0) is 4.74 Å². The number of hydrogen-bond acceptors (Lipinski definition) is 2. The van der Waals surface area contributed by atoms with E-state index in [9.17, 15) is 5.11 Å². The predicted octanol–water partition coefficient (Wildman–Crippen LogP) is 8.44. The van der Waals surface area contributed by atoms with Crippen molar-refractivity contribution in [3.63, 3.8) is 0 Å². The van der Waals surface area contributed by atoms with E-state index in [4.69, 9.17) is 4.74 Å². The van der Waals surface area contributed by atoms with Crippen LogP contribution in [0.15, 0.2) is 97.1 Å². The summed E-state index contributed by atoms with van der Waals surface area (Å²) in [6.07, 6.45) is 17.3. The number of hydrogen-bond donors (Lipinski definition) is 1. The average Bonchev–Trinajstić information content (AvgIpc) is 2.84. The van der Waals surface area contributed by atoms with E-state index in [1.54, 1.807) is 6.08 Å². The summed E-state index contributed by atoms with van der Waals surface area (Å²) >= 11 is 6.91. The number of aliphatic hydroxyl groups is 1. The fraction of sp³-hybridized carbons (Fsp3) is 0.310. The molecule has 174 valence electrons. The molecule has 0 aliphatic heterocycles. The van der Waals surface area contributed by atoms with E-state index in [-0.39, 0.29) is 4.51 Å². The maximum absolute atomic E-state index is 9.62. The van der Waals surface area contributed by atoms with Crippen LogP contribution < -0.4 is 0 Å². The van der Waals surface area contributed by atoms with Crippen molar-refractivity contribution in [2.45, 2.75) is 48.0 Å². The first-order chi connectivity index (χ1) is 15.9. The third-order valence-corrected chi connectivity index (χ3v) is 6.95. The molecule has 4 heteroatoms. The Morgan fingerprint density at radius 2 is 1.33 bits per heavy atom. The number of rotatable bonds is 7. The van der Waals surface area contributed by atoms with E-state index < -0.39 is 4.51 Å². The van der Waals surface area contributed by atoms with Crippen LogP contribution in [0.4, 0.5) is 0 Å². The molecule has 2 aliphatic rings. The van der Waals surface area contributed by atoms with Gasteiger partial charge in [0.2, 0.25) is 0 Å². The molecule has 2 atom stereocenters. The van der Waals surface area contributed by atoms with Gasteiger partial charge < -0.3 is 9.84 Å². The van der Waals surface area contributed by atoms with E-state index in [0.717, 1.165) is 25.0 Å². The van der Waals surface area contributed by atoms with Gasteiger partial charge in [-0.1, -0.05) is 105 Å². The first kappa shape index (κ1) is 25.9. The average molecular weight is 572 g/mol. The number of ether oxygens (including phenoxy) is 1. The molecule has 0 saturated carbocycles. The Bertz CT molecular complexity index is 991. The van der Waals surface area contributed by atoms with Crippen molar-refractivity contribution in [1.82, 2.24) is 0 Å². The van der Waals surface area contributed by atoms with E-state index in [1.165, 1.54) is 29.5 Å². The standard InChI is InChI=1S/C17H21BrO.C12H11BrO/c1-2-3-7-14-19-17(18)12-10-16(11-13-17)15-8-5-4-6-9-15;13-12(14)8-6-11(7-9-12)10-4-2-1-3-5-10/h4-6,8-12H,2-3,7,13-14H2,1H3;1-8,14H,9H2. The van der Waals surface area contributed by atoms with Crippen molar-refractivity contribution in [2.24, 2.45) is 0 Å². The Morgan fingerprint density at radius 1 is 0.788 bits per heavy atom. The van der Waals surface area contributed by atoms with Gasteiger partial charge in [-0.05, 0) is 72.7 Å². The van der Waals surface area contributed by atoms with E-state index >= 15 is 0 Å². The number of halogens is 2. The van der Waals surface area contributed by atoms with Crippen LogP contribution in [0.1, 0.15) is 50.2 Å². The molecule has 2 aromatic carbocycles. The van der Waals surface area contributed by atoms with Crippen LogP contribution in [0.2, 0.25) is 0 Å². The molecule has 2 aliphatic carbocycles. The molecule has 0 aromatic heterocycles. The van der Waals surface area contributed by atoms with Gasteiger partial charge in [-0.2, -0.15) is 0 Å². The largest absolute Gasteiger partial charge is 0.375 e. The summed E-state index contributed by atoms with van der Waals surface area (Å²) in [7, 11) is 0. The second-order valence-electron chi connectivity index (χ2n) is 8.29. The van der Waals surface area contributed by atoms with Gasteiger partial charge in [0.1, 0.15) is 9.02 Å². The lowest BCUT2D eigenvalue weighted by atomic mass is 9.98. The molecular formula is C29H32Br2O2. The lowest BCUT2D eigenvalue weighted by molar-refractivity contribution is 0.0637. The molecule has 2 nitrogen and oxygen atoms in total. The summed E-state index contributed by atoms with van der Waals surface area (Å²) in [6.45, 7) is 3.03. The smallest absolute Gasteiger partial charge is 0.145 e. The van der Waals surface area contributed by atoms with Crippen molar-refractivity contribution in [2.75, 3.05) is 6.61 Å². The lowest BCUT2D eigenvalue weighted by Gasteiger charge is -2.26. The van der Waals surface area contributed by atoms with Gasteiger partial charge in [0.15, 0.2) is 0 Å². The van der Waals surface area contributed by atoms with Gasteiger partial charge in [-0.25, -0.2) is 0 Å². The molecule has 33 heavy (non-hydrogen) atoms. The summed E-state index contributed by atoms with van der Waals surface area (Å²) in [5, 5.41) is 9.62. The van der Waals surface area contributed by atoms with Gasteiger partial charge >= 0.3 is 0 Å². The fourth-order valence-corrected chi connectivity index (χ4v) is 4.35. The van der Waals surface area contributed by atoms with E-state index in [0.29, 0.717) is 6.42 Å². The summed E-state index contributed by atoms with van der Waals surface area (Å²) in [4.78, 5) is 0. The van der Waals surface area contributed by atoms with Gasteiger partial charge in [0.05, 0.1) is 0 Å². The molecular weight excluding hydrogens is 540 g/mol. The molecule has 1 N–H and O–H groups in total. The molecule has 0 bridgehead atoms. The van der Waals surface area contributed by atoms with E-state index in [2.05, 4.69) is 93.4 Å². The van der Waals surface area contributed by atoms with Crippen LogP contribution in [0.3, 0.4) is 0 Å². The summed E-state index contributed by atoms with van der Waals surface area (Å²) < 4.78 is 4.78. The third kappa shape index (κ3) is 8.53. The van der Waals surface area contributed by atoms with Crippen LogP contribution >= 0.6 is 31.9 Å². The molecule has 0 radical (unpaired) electrons. The zero-order valence-corrected chi connectivity index (χ0v) is 22.3. The SMILES string of the molecule is CCCCCOC1(Br)C=CC(c2ccccc2)=CC1.OC1(Br)C=CC(c2ccccc2)=CC1. The Balaban J connectivity index is 0.000000194. The topological polar surface area (TPSA) is 29.5 Å². The Hall–Kier alpha value is -1.72. The number of allylic oxidation sites excluding steroid dienone is 4. The monoisotopic (exact) mass is 570 g/mol. The molecule has 0 fully saturated rings. The highest BCUT2D eigenvalue weighted by atomic mass is 79.9. The van der Waals surface area contributed by atoms with Crippen molar-refractivity contribution in [1.29, 1.82) is 0 Å². The molecule has 2 unspecified atom stereocenters. The molecule has 0 amide bonds. The van der Waals surface area contributed by atoms with Crippen molar-refractivity contribution >= 4 is 43.0 Å². The van der Waals surface area contributed by atoms with Crippen molar-refractivity contribution in [3.8, 4) is 0 Å². The first-order valence-corrected chi connectivity index (χ1v) is 13.1. The molecule has 0 heterocycles. The van der Waals surface area contributed by atoms with Crippen LogP contribution in [-0.4, -0.2) is 20.7 Å². The summed E-state index contributed by atoms with van der Waals surface area (Å²) in [5.41, 5.74) is 4.88. The highest BCUT2D eigenvalue weighted by molar-refractivity contribution is 9.10. The second kappa shape index (κ2) is 12.7. The highest BCUT2D eigenvalue weighted by Gasteiger charge is 2.25. The zero-order chi connectivity index (χ0) is 23.6. The maximum Gasteiger partial charge on any atom is 0.145 e. The van der Waals surface area contributed by atoms with Crippen LogP contribution in [0.5, 0.6) is 0 Å². The summed E-state index contributed by atoms with van der Waals surface area (Å²) in [5.74, 6) is 0. The number of unbranched alkanes of at least 4 members (excludes halogenated alkanes) is 2. The summed E-state index contributed by atoms with van der Waals surface area (Å²) in [6, 6.07) is 20.6. The normalized spacial score (nSPS) is 23.9.